The Balaban J connectivity index is 1.66. The highest BCUT2D eigenvalue weighted by Gasteiger charge is 2.46. The summed E-state index contributed by atoms with van der Waals surface area (Å²) in [4.78, 5) is 33.3. The van der Waals surface area contributed by atoms with Gasteiger partial charge in [-0.05, 0) is 53.8 Å². The van der Waals surface area contributed by atoms with Gasteiger partial charge in [-0.15, -0.1) is 11.3 Å². The average Bonchev–Trinajstić information content (AvgIpc) is 3.56. The molecule has 0 saturated carbocycles. The van der Waals surface area contributed by atoms with E-state index >= 15 is 0 Å². The molecule has 0 spiro atoms. The molecule has 0 saturated heterocycles. The van der Waals surface area contributed by atoms with Crippen LogP contribution >= 0.6 is 22.7 Å². The van der Waals surface area contributed by atoms with Crippen LogP contribution in [0.1, 0.15) is 26.8 Å². The zero-order valence-electron chi connectivity index (χ0n) is 18.2. The summed E-state index contributed by atoms with van der Waals surface area (Å²) in [6, 6.07) is 15.6. The molecule has 0 fully saturated rings. The summed E-state index contributed by atoms with van der Waals surface area (Å²) in [5.74, 6) is -1.03. The zero-order chi connectivity index (χ0) is 23.8. The van der Waals surface area contributed by atoms with E-state index in [1.807, 2.05) is 31.2 Å². The molecule has 0 bridgehead atoms. The summed E-state index contributed by atoms with van der Waals surface area (Å²) >= 11 is 2.61. The lowest BCUT2D eigenvalue weighted by molar-refractivity contribution is -0.117. The van der Waals surface area contributed by atoms with Crippen molar-refractivity contribution >= 4 is 49.7 Å². The van der Waals surface area contributed by atoms with Gasteiger partial charge in [-0.3, -0.25) is 14.5 Å². The third kappa shape index (κ3) is 3.81. The van der Waals surface area contributed by atoms with E-state index in [4.69, 9.17) is 4.74 Å². The highest BCUT2D eigenvalue weighted by molar-refractivity contribution is 7.22. The second-order valence-corrected chi connectivity index (χ2v) is 9.74. The molecule has 1 aliphatic heterocycles. The number of thiazole rings is 1. The Labute approximate surface area is 204 Å². The predicted octanol–water partition coefficient (Wildman–Crippen LogP) is 6.01. The molecular formula is C26H20N2O4S2. The van der Waals surface area contributed by atoms with Gasteiger partial charge >= 0.3 is 0 Å². The van der Waals surface area contributed by atoms with E-state index in [-0.39, 0.29) is 11.4 Å². The number of carbonyl (C=O) groups excluding carboxylic acids is 2. The topological polar surface area (TPSA) is 79.7 Å². The lowest BCUT2D eigenvalue weighted by atomic mass is 9.95. The SMILES string of the molecule is C=CCOc1cccc(C2C(C(=O)c3cccs3)=C(O)C(=O)N2c2nc3ccc(C)cc3s2)c1. The number of rotatable bonds is 7. The number of fused-ring (bicyclic) bond motifs is 1. The Morgan fingerprint density at radius 2 is 2.09 bits per heavy atom. The van der Waals surface area contributed by atoms with Crippen molar-refractivity contribution in [1.29, 1.82) is 0 Å². The number of aryl methyl sites for hydroxylation is 1. The molecule has 1 atom stereocenters. The zero-order valence-corrected chi connectivity index (χ0v) is 19.9. The molecule has 2 aromatic carbocycles. The number of ether oxygens (including phenoxy) is 1. The minimum absolute atomic E-state index is 0.0313. The van der Waals surface area contributed by atoms with Crippen LogP contribution in [0.25, 0.3) is 10.2 Å². The van der Waals surface area contributed by atoms with Crippen molar-refractivity contribution in [2.24, 2.45) is 0 Å². The predicted molar refractivity (Wildman–Crippen MR) is 135 cm³/mol. The number of hydrogen-bond acceptors (Lipinski definition) is 7. The van der Waals surface area contributed by atoms with E-state index in [0.29, 0.717) is 27.9 Å². The minimum Gasteiger partial charge on any atom is -0.503 e. The van der Waals surface area contributed by atoms with Crippen molar-refractivity contribution in [3.8, 4) is 5.75 Å². The second kappa shape index (κ2) is 8.89. The molecule has 170 valence electrons. The van der Waals surface area contributed by atoms with Gasteiger partial charge in [0.25, 0.3) is 5.91 Å². The van der Waals surface area contributed by atoms with Gasteiger partial charge in [-0.2, -0.15) is 0 Å². The van der Waals surface area contributed by atoms with Crippen molar-refractivity contribution in [3.63, 3.8) is 0 Å². The van der Waals surface area contributed by atoms with Crippen LogP contribution in [0.5, 0.6) is 5.75 Å². The van der Waals surface area contributed by atoms with Crippen LogP contribution < -0.4 is 9.64 Å². The van der Waals surface area contributed by atoms with Gasteiger partial charge < -0.3 is 9.84 Å². The number of hydrogen-bond donors (Lipinski definition) is 1. The molecule has 6 nitrogen and oxygen atoms in total. The van der Waals surface area contributed by atoms with Gasteiger partial charge in [-0.1, -0.05) is 48.3 Å². The van der Waals surface area contributed by atoms with E-state index in [1.54, 1.807) is 41.8 Å². The fourth-order valence-electron chi connectivity index (χ4n) is 3.94. The van der Waals surface area contributed by atoms with Crippen molar-refractivity contribution in [2.45, 2.75) is 13.0 Å². The van der Waals surface area contributed by atoms with Crippen LogP contribution in [0.2, 0.25) is 0 Å². The molecule has 4 aromatic rings. The van der Waals surface area contributed by atoms with E-state index in [9.17, 15) is 14.7 Å². The summed E-state index contributed by atoms with van der Waals surface area (Å²) in [7, 11) is 0. The van der Waals surface area contributed by atoms with Gasteiger partial charge in [0.15, 0.2) is 10.9 Å². The lowest BCUT2D eigenvalue weighted by Gasteiger charge is -2.24. The minimum atomic E-state index is -0.851. The third-order valence-electron chi connectivity index (χ3n) is 5.48. The molecule has 0 radical (unpaired) electrons. The monoisotopic (exact) mass is 488 g/mol. The molecule has 0 aliphatic carbocycles. The van der Waals surface area contributed by atoms with Crippen LogP contribution in [-0.2, 0) is 4.79 Å². The standard InChI is InChI=1S/C26H20N2O4S2/c1-3-11-32-17-7-4-6-16(14-17)22-21(23(29)19-8-5-12-33-19)24(30)25(31)28(22)26-27-18-10-9-15(2)13-20(18)34-26/h3-10,12-14,22,30H,1,11H2,2H3. The number of amides is 1. The quantitative estimate of drug-likeness (QED) is 0.254. The number of anilines is 1. The van der Waals surface area contributed by atoms with Crippen LogP contribution in [-0.4, -0.2) is 28.4 Å². The second-order valence-electron chi connectivity index (χ2n) is 7.79. The number of benzene rings is 2. The van der Waals surface area contributed by atoms with Crippen molar-refractivity contribution in [2.75, 3.05) is 11.5 Å². The molecule has 3 heterocycles. The van der Waals surface area contributed by atoms with Gasteiger partial charge in [0.05, 0.1) is 26.7 Å². The first-order chi connectivity index (χ1) is 16.5. The summed E-state index contributed by atoms with van der Waals surface area (Å²) < 4.78 is 6.60. The van der Waals surface area contributed by atoms with Gasteiger partial charge in [-0.25, -0.2) is 4.98 Å². The number of aliphatic hydroxyl groups excluding tert-OH is 1. The molecule has 1 aliphatic rings. The largest absolute Gasteiger partial charge is 0.503 e. The number of thiophene rings is 1. The van der Waals surface area contributed by atoms with Gasteiger partial charge in [0, 0.05) is 0 Å². The molecule has 5 rings (SSSR count). The third-order valence-corrected chi connectivity index (χ3v) is 7.36. The fourth-order valence-corrected chi connectivity index (χ4v) is 5.71. The fraction of sp³-hybridized carbons (Fsp3) is 0.115. The van der Waals surface area contributed by atoms with Crippen molar-refractivity contribution < 1.29 is 19.4 Å². The molecule has 1 N–H and O–H groups in total. The Kier molecular flexibility index (Phi) is 5.77. The van der Waals surface area contributed by atoms with Crippen LogP contribution in [0.3, 0.4) is 0 Å². The Morgan fingerprint density at radius 3 is 2.85 bits per heavy atom. The smallest absolute Gasteiger partial charge is 0.296 e. The molecule has 1 unspecified atom stereocenters. The first kappa shape index (κ1) is 22.1. The number of aromatic nitrogens is 1. The first-order valence-electron chi connectivity index (χ1n) is 10.5. The summed E-state index contributed by atoms with van der Waals surface area (Å²) in [5.41, 5.74) is 2.49. The van der Waals surface area contributed by atoms with E-state index < -0.39 is 17.7 Å². The highest BCUT2D eigenvalue weighted by atomic mass is 32.1. The molecule has 2 aromatic heterocycles. The Bertz CT molecular complexity index is 1450. The summed E-state index contributed by atoms with van der Waals surface area (Å²) in [5, 5.41) is 13.1. The first-order valence-corrected chi connectivity index (χ1v) is 12.2. The molecular weight excluding hydrogens is 468 g/mol. The Morgan fingerprint density at radius 1 is 1.24 bits per heavy atom. The van der Waals surface area contributed by atoms with E-state index in [1.165, 1.54) is 27.6 Å². The molecule has 8 heteroatoms. The molecule has 34 heavy (non-hydrogen) atoms. The van der Waals surface area contributed by atoms with Crippen molar-refractivity contribution in [1.82, 2.24) is 4.98 Å². The van der Waals surface area contributed by atoms with Crippen LogP contribution in [0.15, 0.2) is 84.0 Å². The van der Waals surface area contributed by atoms with Gasteiger partial charge in [0.1, 0.15) is 12.4 Å². The van der Waals surface area contributed by atoms with Gasteiger partial charge in [0.2, 0.25) is 5.78 Å². The summed E-state index contributed by atoms with van der Waals surface area (Å²) in [6.45, 7) is 5.97. The number of carbonyl (C=O) groups is 2. The maximum atomic E-state index is 13.5. The number of Topliss-reactive ketones (excluding diaryl/α,β-unsaturated/α-hetero) is 1. The van der Waals surface area contributed by atoms with Crippen LogP contribution in [0.4, 0.5) is 5.13 Å². The highest BCUT2D eigenvalue weighted by Crippen LogP contribution is 2.45. The number of aliphatic hydroxyl groups is 1. The number of ketones is 1. The average molecular weight is 489 g/mol. The maximum Gasteiger partial charge on any atom is 0.296 e. The lowest BCUT2D eigenvalue weighted by Crippen LogP contribution is -2.30. The summed E-state index contributed by atoms with van der Waals surface area (Å²) in [6.07, 6.45) is 1.64. The Hall–Kier alpha value is -3.75. The number of nitrogens with zero attached hydrogens (tertiary/aromatic N) is 2. The van der Waals surface area contributed by atoms with Crippen LogP contribution in [0, 0.1) is 6.92 Å². The maximum absolute atomic E-state index is 13.5. The van der Waals surface area contributed by atoms with E-state index in [0.717, 1.165) is 15.8 Å². The van der Waals surface area contributed by atoms with Crippen molar-refractivity contribution in [3.05, 3.63) is 100.0 Å². The normalized spacial score (nSPS) is 15.9. The molecule has 1 amide bonds. The van der Waals surface area contributed by atoms with E-state index in [2.05, 4.69) is 11.6 Å².